The molecule has 0 spiro atoms. The van der Waals surface area contributed by atoms with Crippen molar-refractivity contribution < 1.29 is 8.42 Å². The highest BCUT2D eigenvalue weighted by molar-refractivity contribution is 7.92. The number of sulfonamides is 1. The van der Waals surface area contributed by atoms with E-state index < -0.39 is 10.0 Å². The maximum absolute atomic E-state index is 12.4. The van der Waals surface area contributed by atoms with E-state index in [4.69, 9.17) is 11.6 Å². The Morgan fingerprint density at radius 1 is 1.00 bits per heavy atom. The summed E-state index contributed by atoms with van der Waals surface area (Å²) in [5, 5.41) is 0.480. The standard InChI is InChI=1S/C19H18ClN3O2S/c1-23(14-15-5-3-2-4-6-15)17-9-12-19(21-13-17)22-26(24,25)18-10-7-16(20)8-11-18/h2-13H,14H2,1H3,(H,21,22). The first-order valence-electron chi connectivity index (χ1n) is 7.93. The topological polar surface area (TPSA) is 62.3 Å². The van der Waals surface area contributed by atoms with Gasteiger partial charge < -0.3 is 4.90 Å². The van der Waals surface area contributed by atoms with Crippen molar-refractivity contribution >= 4 is 33.1 Å². The van der Waals surface area contributed by atoms with Crippen molar-refractivity contribution in [3.05, 3.63) is 83.5 Å². The number of hydrogen-bond acceptors (Lipinski definition) is 4. The fourth-order valence-electron chi connectivity index (χ4n) is 2.43. The first kappa shape index (κ1) is 18.2. The molecule has 0 radical (unpaired) electrons. The summed E-state index contributed by atoms with van der Waals surface area (Å²) in [6.45, 7) is 0.734. The average molecular weight is 388 g/mol. The van der Waals surface area contributed by atoms with Crippen LogP contribution >= 0.6 is 11.6 Å². The molecule has 7 heteroatoms. The molecule has 0 aliphatic rings. The van der Waals surface area contributed by atoms with Gasteiger partial charge in [-0.25, -0.2) is 13.4 Å². The van der Waals surface area contributed by atoms with E-state index in [1.54, 1.807) is 12.3 Å². The lowest BCUT2D eigenvalue weighted by Gasteiger charge is -2.19. The van der Waals surface area contributed by atoms with Gasteiger partial charge in [-0.05, 0) is 42.0 Å². The highest BCUT2D eigenvalue weighted by Crippen LogP contribution is 2.20. The molecule has 0 fully saturated rings. The van der Waals surface area contributed by atoms with E-state index in [9.17, 15) is 8.42 Å². The highest BCUT2D eigenvalue weighted by Gasteiger charge is 2.14. The highest BCUT2D eigenvalue weighted by atomic mass is 35.5. The molecule has 3 aromatic rings. The average Bonchev–Trinajstić information content (AvgIpc) is 2.63. The molecule has 1 heterocycles. The molecule has 0 amide bonds. The number of benzene rings is 2. The lowest BCUT2D eigenvalue weighted by atomic mass is 10.2. The molecule has 0 unspecified atom stereocenters. The third kappa shape index (κ3) is 4.53. The van der Waals surface area contributed by atoms with E-state index in [-0.39, 0.29) is 10.7 Å². The molecule has 0 saturated heterocycles. The molecular weight excluding hydrogens is 370 g/mol. The van der Waals surface area contributed by atoms with Crippen LogP contribution in [0.4, 0.5) is 11.5 Å². The second-order valence-corrected chi connectivity index (χ2v) is 7.92. The second kappa shape index (κ2) is 7.76. The van der Waals surface area contributed by atoms with Crippen LogP contribution in [0.5, 0.6) is 0 Å². The molecule has 5 nitrogen and oxygen atoms in total. The van der Waals surface area contributed by atoms with Crippen molar-refractivity contribution in [3.8, 4) is 0 Å². The number of pyridine rings is 1. The molecule has 0 atom stereocenters. The Morgan fingerprint density at radius 3 is 2.31 bits per heavy atom. The Morgan fingerprint density at radius 2 is 1.69 bits per heavy atom. The third-order valence-corrected chi connectivity index (χ3v) is 5.44. The first-order valence-corrected chi connectivity index (χ1v) is 9.80. The van der Waals surface area contributed by atoms with Crippen LogP contribution in [0.25, 0.3) is 0 Å². The second-order valence-electron chi connectivity index (χ2n) is 5.80. The summed E-state index contributed by atoms with van der Waals surface area (Å²) < 4.78 is 27.2. The van der Waals surface area contributed by atoms with Crippen molar-refractivity contribution in [1.29, 1.82) is 0 Å². The molecule has 0 saturated carbocycles. The number of hydrogen-bond donors (Lipinski definition) is 1. The monoisotopic (exact) mass is 387 g/mol. The van der Waals surface area contributed by atoms with Crippen LogP contribution in [0.1, 0.15) is 5.56 Å². The van der Waals surface area contributed by atoms with E-state index in [1.807, 2.05) is 36.2 Å². The van der Waals surface area contributed by atoms with Gasteiger partial charge in [0.2, 0.25) is 0 Å². The first-order chi connectivity index (χ1) is 12.4. The van der Waals surface area contributed by atoms with Crippen LogP contribution in [-0.4, -0.2) is 20.4 Å². The van der Waals surface area contributed by atoms with Crippen LogP contribution in [-0.2, 0) is 16.6 Å². The minimum Gasteiger partial charge on any atom is -0.369 e. The molecule has 0 aliphatic heterocycles. The quantitative estimate of drug-likeness (QED) is 0.689. The third-order valence-electron chi connectivity index (χ3n) is 3.81. The lowest BCUT2D eigenvalue weighted by molar-refractivity contribution is 0.601. The van der Waals surface area contributed by atoms with Gasteiger partial charge in [0.05, 0.1) is 16.8 Å². The molecule has 1 N–H and O–H groups in total. The van der Waals surface area contributed by atoms with Crippen LogP contribution in [0.3, 0.4) is 0 Å². The Hall–Kier alpha value is -2.57. The van der Waals surface area contributed by atoms with Gasteiger partial charge in [0.15, 0.2) is 0 Å². The van der Waals surface area contributed by atoms with Gasteiger partial charge in [-0.3, -0.25) is 4.72 Å². The summed E-state index contributed by atoms with van der Waals surface area (Å²) in [4.78, 5) is 6.39. The number of nitrogens with zero attached hydrogens (tertiary/aromatic N) is 2. The summed E-state index contributed by atoms with van der Waals surface area (Å²) in [6, 6.07) is 19.5. The SMILES string of the molecule is CN(Cc1ccccc1)c1ccc(NS(=O)(=O)c2ccc(Cl)cc2)nc1. The number of anilines is 2. The zero-order chi connectivity index (χ0) is 18.6. The number of halogens is 1. The molecule has 26 heavy (non-hydrogen) atoms. The maximum atomic E-state index is 12.4. The summed E-state index contributed by atoms with van der Waals surface area (Å²) in [7, 11) is -1.74. The molecule has 3 rings (SSSR count). The molecular formula is C19H18ClN3O2S. The van der Waals surface area contributed by atoms with Crippen molar-refractivity contribution in [2.75, 3.05) is 16.7 Å². The van der Waals surface area contributed by atoms with Crippen LogP contribution in [0.15, 0.2) is 77.8 Å². The van der Waals surface area contributed by atoms with Gasteiger partial charge in [-0.15, -0.1) is 0 Å². The zero-order valence-corrected chi connectivity index (χ0v) is 15.7. The van der Waals surface area contributed by atoms with Gasteiger partial charge in [-0.2, -0.15) is 0 Å². The summed E-state index contributed by atoms with van der Waals surface area (Å²) >= 11 is 5.79. The van der Waals surface area contributed by atoms with E-state index in [0.29, 0.717) is 5.02 Å². The molecule has 0 bridgehead atoms. The van der Waals surface area contributed by atoms with Crippen molar-refractivity contribution in [3.63, 3.8) is 0 Å². The summed E-state index contributed by atoms with van der Waals surface area (Å²) in [6.07, 6.45) is 1.64. The Kier molecular flexibility index (Phi) is 5.44. The lowest BCUT2D eigenvalue weighted by Crippen LogP contribution is -2.17. The van der Waals surface area contributed by atoms with Crippen molar-refractivity contribution in [1.82, 2.24) is 4.98 Å². The molecule has 2 aromatic carbocycles. The Bertz CT molecular complexity index is 960. The van der Waals surface area contributed by atoms with E-state index in [0.717, 1.165) is 12.2 Å². The van der Waals surface area contributed by atoms with Crippen LogP contribution in [0.2, 0.25) is 5.02 Å². The van der Waals surface area contributed by atoms with Crippen molar-refractivity contribution in [2.45, 2.75) is 11.4 Å². The fraction of sp³-hybridized carbons (Fsp3) is 0.105. The Balaban J connectivity index is 1.70. The van der Waals surface area contributed by atoms with Gasteiger partial charge in [0, 0.05) is 18.6 Å². The van der Waals surface area contributed by atoms with Crippen molar-refractivity contribution in [2.24, 2.45) is 0 Å². The van der Waals surface area contributed by atoms with Crippen LogP contribution < -0.4 is 9.62 Å². The van der Waals surface area contributed by atoms with Crippen LogP contribution in [0, 0.1) is 0 Å². The minimum atomic E-state index is -3.70. The Labute approximate surface area is 158 Å². The normalized spacial score (nSPS) is 11.2. The minimum absolute atomic E-state index is 0.133. The fourth-order valence-corrected chi connectivity index (χ4v) is 3.57. The molecule has 0 aliphatic carbocycles. The molecule has 1 aromatic heterocycles. The number of rotatable bonds is 6. The van der Waals surface area contributed by atoms with Gasteiger partial charge in [0.1, 0.15) is 5.82 Å². The van der Waals surface area contributed by atoms with E-state index >= 15 is 0 Å². The van der Waals surface area contributed by atoms with E-state index in [1.165, 1.54) is 29.8 Å². The predicted octanol–water partition coefficient (Wildman–Crippen LogP) is 4.17. The smallest absolute Gasteiger partial charge is 0.263 e. The maximum Gasteiger partial charge on any atom is 0.263 e. The molecule has 134 valence electrons. The number of aromatic nitrogens is 1. The van der Waals surface area contributed by atoms with E-state index in [2.05, 4.69) is 21.8 Å². The largest absolute Gasteiger partial charge is 0.369 e. The number of nitrogens with one attached hydrogen (secondary N) is 1. The van der Waals surface area contributed by atoms with Gasteiger partial charge >= 0.3 is 0 Å². The summed E-state index contributed by atoms with van der Waals surface area (Å²) in [5.74, 6) is 0.261. The van der Waals surface area contributed by atoms with Gasteiger partial charge in [0.25, 0.3) is 10.0 Å². The summed E-state index contributed by atoms with van der Waals surface area (Å²) in [5.41, 5.74) is 2.07. The zero-order valence-electron chi connectivity index (χ0n) is 14.1. The van der Waals surface area contributed by atoms with Gasteiger partial charge in [-0.1, -0.05) is 41.9 Å². The predicted molar refractivity (Wildman–Crippen MR) is 105 cm³/mol.